The molecule has 1 heterocycles. The lowest BCUT2D eigenvalue weighted by atomic mass is 10.6. The Labute approximate surface area is 80.0 Å². The number of sulfone groups is 1. The number of nitrogen functional groups attached to an aromatic ring is 1. The van der Waals surface area contributed by atoms with Crippen molar-refractivity contribution >= 4 is 27.3 Å². The van der Waals surface area contributed by atoms with E-state index in [-0.39, 0.29) is 16.1 Å². The SMILES string of the molecule is CS(=O)(=O)c1nc(Cl)cc(NN)n1. The van der Waals surface area contributed by atoms with Crippen molar-refractivity contribution in [3.8, 4) is 0 Å². The summed E-state index contributed by atoms with van der Waals surface area (Å²) in [4.78, 5) is 7.13. The molecule has 13 heavy (non-hydrogen) atoms. The summed E-state index contributed by atoms with van der Waals surface area (Å²) in [5, 5.41) is -0.337. The van der Waals surface area contributed by atoms with Crippen LogP contribution < -0.4 is 11.3 Å². The number of hydrogen-bond donors (Lipinski definition) is 2. The highest BCUT2D eigenvalue weighted by atomic mass is 35.5. The van der Waals surface area contributed by atoms with Crippen LogP contribution in [-0.2, 0) is 9.84 Å². The summed E-state index contributed by atoms with van der Waals surface area (Å²) in [6, 6.07) is 1.32. The fourth-order valence-corrected chi connectivity index (χ4v) is 1.40. The van der Waals surface area contributed by atoms with E-state index in [4.69, 9.17) is 17.4 Å². The maximum Gasteiger partial charge on any atom is 0.250 e. The molecule has 0 aliphatic rings. The number of anilines is 1. The summed E-state index contributed by atoms with van der Waals surface area (Å²) in [6.45, 7) is 0. The first-order valence-electron chi connectivity index (χ1n) is 3.15. The number of nitrogens with two attached hydrogens (primary N) is 1. The predicted molar refractivity (Wildman–Crippen MR) is 48.0 cm³/mol. The lowest BCUT2D eigenvalue weighted by Crippen LogP contribution is -2.12. The highest BCUT2D eigenvalue weighted by Crippen LogP contribution is 2.13. The molecule has 6 nitrogen and oxygen atoms in total. The maximum atomic E-state index is 11.0. The van der Waals surface area contributed by atoms with Crippen molar-refractivity contribution in [3.63, 3.8) is 0 Å². The molecule has 1 rings (SSSR count). The summed E-state index contributed by atoms with van der Waals surface area (Å²) in [7, 11) is -3.46. The molecule has 0 spiro atoms. The van der Waals surface area contributed by atoms with Gasteiger partial charge in [0, 0.05) is 12.3 Å². The van der Waals surface area contributed by atoms with Crippen LogP contribution in [0.4, 0.5) is 5.82 Å². The van der Waals surface area contributed by atoms with E-state index in [2.05, 4.69) is 15.4 Å². The summed E-state index contributed by atoms with van der Waals surface area (Å²) >= 11 is 5.52. The molecule has 0 bridgehead atoms. The standard InChI is InChI=1S/C5H7ClN4O2S/c1-13(11,12)5-8-3(6)2-4(9-5)10-7/h2H,7H2,1H3,(H,8,9,10). The molecule has 8 heteroatoms. The first kappa shape index (κ1) is 10.2. The third-order valence-electron chi connectivity index (χ3n) is 1.15. The van der Waals surface area contributed by atoms with Crippen molar-refractivity contribution in [3.05, 3.63) is 11.2 Å². The van der Waals surface area contributed by atoms with Crippen molar-refractivity contribution in [2.24, 2.45) is 5.84 Å². The summed E-state index contributed by atoms with van der Waals surface area (Å²) < 4.78 is 22.0. The average Bonchev–Trinajstić information content (AvgIpc) is 2.01. The molecule has 0 unspecified atom stereocenters. The van der Waals surface area contributed by atoms with Crippen molar-refractivity contribution < 1.29 is 8.42 Å². The summed E-state index contributed by atoms with van der Waals surface area (Å²) in [5.74, 6) is 5.19. The number of nitrogens with zero attached hydrogens (tertiary/aromatic N) is 2. The van der Waals surface area contributed by atoms with Crippen LogP contribution in [0.1, 0.15) is 0 Å². The molecule has 0 saturated heterocycles. The first-order valence-corrected chi connectivity index (χ1v) is 5.41. The molecule has 0 aliphatic carbocycles. The first-order chi connectivity index (χ1) is 5.93. The largest absolute Gasteiger partial charge is 0.308 e. The lowest BCUT2D eigenvalue weighted by Gasteiger charge is -2.01. The van der Waals surface area contributed by atoms with Gasteiger partial charge in [0.25, 0.3) is 0 Å². The minimum absolute atomic E-state index is 0.0170. The normalized spacial score (nSPS) is 11.3. The molecular weight excluding hydrogens is 216 g/mol. The molecule has 0 saturated carbocycles. The van der Waals surface area contributed by atoms with Crippen LogP contribution in [0, 0.1) is 0 Å². The average molecular weight is 223 g/mol. The Morgan fingerprint density at radius 2 is 2.15 bits per heavy atom. The van der Waals surface area contributed by atoms with Crippen LogP contribution in [0.15, 0.2) is 11.2 Å². The van der Waals surface area contributed by atoms with Crippen LogP contribution in [0.3, 0.4) is 0 Å². The number of hydrazine groups is 1. The Kier molecular flexibility index (Phi) is 2.69. The van der Waals surface area contributed by atoms with Crippen molar-refractivity contribution in [2.45, 2.75) is 5.16 Å². The Morgan fingerprint density at radius 1 is 1.54 bits per heavy atom. The van der Waals surface area contributed by atoms with Gasteiger partial charge in [0.1, 0.15) is 11.0 Å². The highest BCUT2D eigenvalue weighted by Gasteiger charge is 2.12. The Balaban J connectivity index is 3.33. The van der Waals surface area contributed by atoms with Gasteiger partial charge in [-0.05, 0) is 0 Å². The second kappa shape index (κ2) is 3.44. The quantitative estimate of drug-likeness (QED) is 0.312. The van der Waals surface area contributed by atoms with E-state index in [9.17, 15) is 8.42 Å². The zero-order valence-electron chi connectivity index (χ0n) is 6.65. The van der Waals surface area contributed by atoms with Gasteiger partial charge in [-0.2, -0.15) is 4.98 Å². The van der Waals surface area contributed by atoms with E-state index in [1.165, 1.54) is 6.07 Å². The number of aromatic nitrogens is 2. The van der Waals surface area contributed by atoms with Gasteiger partial charge in [0.15, 0.2) is 0 Å². The Morgan fingerprint density at radius 3 is 2.62 bits per heavy atom. The van der Waals surface area contributed by atoms with Gasteiger partial charge in [-0.1, -0.05) is 11.6 Å². The molecule has 0 amide bonds. The van der Waals surface area contributed by atoms with Gasteiger partial charge in [-0.15, -0.1) is 0 Å². The second-order valence-corrected chi connectivity index (χ2v) is 4.57. The van der Waals surface area contributed by atoms with Gasteiger partial charge in [0.05, 0.1) is 0 Å². The van der Waals surface area contributed by atoms with Crippen molar-refractivity contribution in [1.29, 1.82) is 0 Å². The highest BCUT2D eigenvalue weighted by molar-refractivity contribution is 7.90. The van der Waals surface area contributed by atoms with E-state index in [0.29, 0.717) is 0 Å². The minimum Gasteiger partial charge on any atom is -0.308 e. The van der Waals surface area contributed by atoms with Crippen LogP contribution in [0.2, 0.25) is 5.15 Å². The van der Waals surface area contributed by atoms with Crippen LogP contribution in [0.5, 0.6) is 0 Å². The number of halogens is 1. The topological polar surface area (TPSA) is 98.0 Å². The fourth-order valence-electron chi connectivity index (χ4n) is 0.637. The van der Waals surface area contributed by atoms with E-state index < -0.39 is 9.84 Å². The van der Waals surface area contributed by atoms with Crippen LogP contribution in [0.25, 0.3) is 0 Å². The number of hydrogen-bond acceptors (Lipinski definition) is 6. The molecule has 0 radical (unpaired) electrons. The molecule has 0 fully saturated rings. The third-order valence-corrected chi connectivity index (χ3v) is 2.19. The van der Waals surface area contributed by atoms with Gasteiger partial charge in [-0.25, -0.2) is 19.2 Å². The molecule has 0 aromatic carbocycles. The van der Waals surface area contributed by atoms with E-state index in [1.54, 1.807) is 0 Å². The zero-order valence-corrected chi connectivity index (χ0v) is 8.22. The summed E-state index contributed by atoms with van der Waals surface area (Å²) in [6.07, 6.45) is 0.985. The second-order valence-electron chi connectivity index (χ2n) is 2.27. The number of rotatable bonds is 2. The smallest absolute Gasteiger partial charge is 0.250 e. The molecule has 3 N–H and O–H groups in total. The Hall–Kier alpha value is -0.920. The Bertz CT molecular complexity index is 419. The maximum absolute atomic E-state index is 11.0. The third kappa shape index (κ3) is 2.51. The van der Waals surface area contributed by atoms with Gasteiger partial charge < -0.3 is 5.43 Å². The van der Waals surface area contributed by atoms with E-state index in [1.807, 2.05) is 0 Å². The number of nitrogens with one attached hydrogen (secondary N) is 1. The molecule has 72 valence electrons. The fraction of sp³-hybridized carbons (Fsp3) is 0.200. The van der Waals surface area contributed by atoms with Gasteiger partial charge in [-0.3, -0.25) is 0 Å². The van der Waals surface area contributed by atoms with E-state index >= 15 is 0 Å². The minimum atomic E-state index is -3.46. The molecule has 1 aromatic heterocycles. The van der Waals surface area contributed by atoms with Gasteiger partial charge >= 0.3 is 0 Å². The zero-order chi connectivity index (χ0) is 10.1. The van der Waals surface area contributed by atoms with Crippen molar-refractivity contribution in [1.82, 2.24) is 9.97 Å². The van der Waals surface area contributed by atoms with Crippen LogP contribution in [-0.4, -0.2) is 24.6 Å². The molecule has 0 atom stereocenters. The monoisotopic (exact) mass is 222 g/mol. The molecular formula is C5H7ClN4O2S. The molecule has 1 aromatic rings. The summed E-state index contributed by atoms with van der Waals surface area (Å²) in [5.41, 5.74) is 2.18. The van der Waals surface area contributed by atoms with Crippen molar-refractivity contribution in [2.75, 3.05) is 11.7 Å². The van der Waals surface area contributed by atoms with Gasteiger partial charge in [0.2, 0.25) is 15.0 Å². The molecule has 0 aliphatic heterocycles. The lowest BCUT2D eigenvalue weighted by molar-refractivity contribution is 0.593. The van der Waals surface area contributed by atoms with E-state index in [0.717, 1.165) is 6.26 Å². The predicted octanol–water partition coefficient (Wildman–Crippen LogP) is -0.181. The van der Waals surface area contributed by atoms with Crippen LogP contribution >= 0.6 is 11.6 Å².